The molecule has 0 aliphatic heterocycles. The first kappa shape index (κ1) is 15.2. The fourth-order valence-corrected chi connectivity index (χ4v) is 2.75. The minimum absolute atomic E-state index is 0.0870. The lowest BCUT2D eigenvalue weighted by atomic mass is 10.3. The molecule has 1 heterocycles. The molecule has 0 saturated carbocycles. The van der Waals surface area contributed by atoms with E-state index < -0.39 is 10.0 Å². The summed E-state index contributed by atoms with van der Waals surface area (Å²) in [5.41, 5.74) is 0. The molecule has 1 aromatic heterocycles. The number of aromatic nitrogens is 2. The first-order valence-corrected chi connectivity index (χ1v) is 7.97. The van der Waals surface area contributed by atoms with Crippen molar-refractivity contribution in [2.24, 2.45) is 0 Å². The Labute approximate surface area is 123 Å². The van der Waals surface area contributed by atoms with Crippen LogP contribution in [0.1, 0.15) is 13.8 Å². The third kappa shape index (κ3) is 3.66. The topological polar surface area (TPSA) is 93.3 Å². The van der Waals surface area contributed by atoms with Crippen LogP contribution in [-0.2, 0) is 10.0 Å². The molecule has 0 saturated heterocycles. The monoisotopic (exact) mass is 311 g/mol. The maximum Gasteiger partial charge on any atom is 0.263 e. The molecular weight excluding hydrogens is 294 g/mol. The van der Waals surface area contributed by atoms with E-state index in [0.29, 0.717) is 30.5 Å². The highest BCUT2D eigenvalue weighted by atomic mass is 32.2. The summed E-state index contributed by atoms with van der Waals surface area (Å²) in [6.07, 6.45) is 1.46. The number of ether oxygens (including phenoxy) is 2. The minimum Gasteiger partial charge on any atom is -0.490 e. The summed E-state index contributed by atoms with van der Waals surface area (Å²) in [6, 6.07) is 6.00. The maximum absolute atomic E-state index is 12.3. The van der Waals surface area contributed by atoms with Crippen molar-refractivity contribution in [1.29, 1.82) is 0 Å². The standard InChI is InChI=1S/C13H17N3O4S/c1-3-19-11-6-5-10(9-12(11)20-4-2)21(17,18)16-13-7-8-14-15-13/h5-9H,3-4H2,1-2H3,(H2,14,15,16). The normalized spacial score (nSPS) is 11.1. The van der Waals surface area contributed by atoms with Crippen molar-refractivity contribution in [3.8, 4) is 11.5 Å². The zero-order valence-electron chi connectivity index (χ0n) is 11.8. The number of aromatic amines is 1. The quantitative estimate of drug-likeness (QED) is 0.816. The van der Waals surface area contributed by atoms with E-state index in [4.69, 9.17) is 9.47 Å². The minimum atomic E-state index is -3.71. The van der Waals surface area contributed by atoms with E-state index >= 15 is 0 Å². The number of anilines is 1. The first-order valence-electron chi connectivity index (χ1n) is 6.48. The van der Waals surface area contributed by atoms with Gasteiger partial charge < -0.3 is 9.47 Å². The molecular formula is C13H17N3O4S. The molecule has 0 unspecified atom stereocenters. The highest BCUT2D eigenvalue weighted by Gasteiger charge is 2.18. The van der Waals surface area contributed by atoms with Gasteiger partial charge in [0, 0.05) is 12.1 Å². The Hall–Kier alpha value is -2.22. The lowest BCUT2D eigenvalue weighted by Crippen LogP contribution is -2.13. The van der Waals surface area contributed by atoms with Gasteiger partial charge >= 0.3 is 0 Å². The third-order valence-corrected chi connectivity index (χ3v) is 3.93. The number of rotatable bonds is 7. The van der Waals surface area contributed by atoms with Crippen molar-refractivity contribution in [3.05, 3.63) is 30.5 Å². The number of benzene rings is 1. The van der Waals surface area contributed by atoms with Crippen molar-refractivity contribution in [2.45, 2.75) is 18.7 Å². The molecule has 2 aromatic rings. The van der Waals surface area contributed by atoms with Gasteiger partial charge in [-0.2, -0.15) is 5.10 Å². The lowest BCUT2D eigenvalue weighted by Gasteiger charge is -2.13. The molecule has 0 fully saturated rings. The van der Waals surface area contributed by atoms with Crippen LogP contribution < -0.4 is 14.2 Å². The van der Waals surface area contributed by atoms with Crippen molar-refractivity contribution in [3.63, 3.8) is 0 Å². The van der Waals surface area contributed by atoms with Gasteiger partial charge in [-0.05, 0) is 26.0 Å². The molecule has 21 heavy (non-hydrogen) atoms. The third-order valence-electron chi connectivity index (χ3n) is 2.57. The van der Waals surface area contributed by atoms with E-state index in [0.717, 1.165) is 0 Å². The van der Waals surface area contributed by atoms with Gasteiger partial charge in [0.15, 0.2) is 11.5 Å². The fraction of sp³-hybridized carbons (Fsp3) is 0.308. The first-order chi connectivity index (χ1) is 10.1. The molecule has 114 valence electrons. The molecule has 0 radical (unpaired) electrons. The SMILES string of the molecule is CCOc1ccc(S(=O)(=O)Nc2ccn[nH]2)cc1OCC. The molecule has 0 spiro atoms. The molecule has 0 amide bonds. The Balaban J connectivity index is 2.32. The summed E-state index contributed by atoms with van der Waals surface area (Å²) in [5.74, 6) is 1.20. The van der Waals surface area contributed by atoms with Crippen LogP contribution in [-0.4, -0.2) is 31.8 Å². The Morgan fingerprint density at radius 3 is 2.48 bits per heavy atom. The summed E-state index contributed by atoms with van der Waals surface area (Å²) < 4.78 is 37.8. The molecule has 1 aromatic carbocycles. The fourth-order valence-electron chi connectivity index (χ4n) is 1.72. The molecule has 0 aliphatic rings. The van der Waals surface area contributed by atoms with Crippen molar-refractivity contribution in [1.82, 2.24) is 10.2 Å². The average molecular weight is 311 g/mol. The van der Waals surface area contributed by atoms with E-state index in [1.165, 1.54) is 24.4 Å². The van der Waals surface area contributed by atoms with Crippen molar-refractivity contribution in [2.75, 3.05) is 17.9 Å². The molecule has 7 nitrogen and oxygen atoms in total. The van der Waals surface area contributed by atoms with E-state index in [1.807, 2.05) is 13.8 Å². The van der Waals surface area contributed by atoms with Gasteiger partial charge in [-0.15, -0.1) is 0 Å². The summed E-state index contributed by atoms with van der Waals surface area (Å²) in [6.45, 7) is 4.55. The second kappa shape index (κ2) is 6.49. The van der Waals surface area contributed by atoms with Crippen LogP contribution in [0.3, 0.4) is 0 Å². The van der Waals surface area contributed by atoms with Gasteiger partial charge in [0.25, 0.3) is 10.0 Å². The van der Waals surface area contributed by atoms with Crippen LogP contribution in [0.5, 0.6) is 11.5 Å². The second-order valence-electron chi connectivity index (χ2n) is 4.05. The zero-order valence-corrected chi connectivity index (χ0v) is 12.6. The molecule has 0 atom stereocenters. The van der Waals surface area contributed by atoms with Gasteiger partial charge in [0.1, 0.15) is 5.82 Å². The number of nitrogens with one attached hydrogen (secondary N) is 2. The van der Waals surface area contributed by atoms with Crippen LogP contribution in [0.4, 0.5) is 5.82 Å². The predicted octanol–water partition coefficient (Wildman–Crippen LogP) is 2.01. The summed E-state index contributed by atoms with van der Waals surface area (Å²) >= 11 is 0. The Morgan fingerprint density at radius 2 is 1.86 bits per heavy atom. The van der Waals surface area contributed by atoms with Crippen LogP contribution in [0.25, 0.3) is 0 Å². The Morgan fingerprint density at radius 1 is 1.14 bits per heavy atom. The van der Waals surface area contributed by atoms with Crippen molar-refractivity contribution < 1.29 is 17.9 Å². The zero-order chi connectivity index (χ0) is 15.3. The second-order valence-corrected chi connectivity index (χ2v) is 5.73. The van der Waals surface area contributed by atoms with Gasteiger partial charge in [0.05, 0.1) is 24.3 Å². The van der Waals surface area contributed by atoms with Crippen LogP contribution in [0.15, 0.2) is 35.4 Å². The summed E-state index contributed by atoms with van der Waals surface area (Å²) in [5, 5.41) is 6.23. The van der Waals surface area contributed by atoms with E-state index in [9.17, 15) is 8.42 Å². The van der Waals surface area contributed by atoms with Crippen LogP contribution in [0.2, 0.25) is 0 Å². The summed E-state index contributed by atoms with van der Waals surface area (Å²) in [4.78, 5) is 0.0870. The maximum atomic E-state index is 12.3. The molecule has 2 N–H and O–H groups in total. The number of hydrogen-bond acceptors (Lipinski definition) is 5. The van der Waals surface area contributed by atoms with Crippen LogP contribution >= 0.6 is 0 Å². The number of hydrogen-bond donors (Lipinski definition) is 2. The van der Waals surface area contributed by atoms with E-state index in [2.05, 4.69) is 14.9 Å². The molecule has 0 aliphatic carbocycles. The molecule has 0 bridgehead atoms. The van der Waals surface area contributed by atoms with Gasteiger partial charge in [-0.25, -0.2) is 8.42 Å². The highest BCUT2D eigenvalue weighted by molar-refractivity contribution is 7.92. The smallest absolute Gasteiger partial charge is 0.263 e. The number of nitrogens with zero attached hydrogens (tertiary/aromatic N) is 1. The van der Waals surface area contributed by atoms with Crippen molar-refractivity contribution >= 4 is 15.8 Å². The predicted molar refractivity (Wildman–Crippen MR) is 78.2 cm³/mol. The summed E-state index contributed by atoms with van der Waals surface area (Å²) in [7, 11) is -3.71. The number of H-pyrrole nitrogens is 1. The van der Waals surface area contributed by atoms with E-state index in [1.54, 1.807) is 6.07 Å². The highest BCUT2D eigenvalue weighted by Crippen LogP contribution is 2.30. The lowest BCUT2D eigenvalue weighted by molar-refractivity contribution is 0.287. The van der Waals surface area contributed by atoms with Gasteiger partial charge in [-0.1, -0.05) is 0 Å². The van der Waals surface area contributed by atoms with Gasteiger partial charge in [0.2, 0.25) is 0 Å². The average Bonchev–Trinajstić information content (AvgIpc) is 2.93. The Bertz CT molecular complexity index is 683. The van der Waals surface area contributed by atoms with E-state index in [-0.39, 0.29) is 4.90 Å². The largest absolute Gasteiger partial charge is 0.490 e. The Kier molecular flexibility index (Phi) is 4.69. The molecule has 8 heteroatoms. The number of sulfonamides is 1. The van der Waals surface area contributed by atoms with Gasteiger partial charge in [-0.3, -0.25) is 9.82 Å². The molecule has 2 rings (SSSR count). The van der Waals surface area contributed by atoms with Crippen LogP contribution in [0, 0.1) is 0 Å².